The molecule has 0 aliphatic heterocycles. The van der Waals surface area contributed by atoms with Gasteiger partial charge in [0.15, 0.2) is 0 Å². The summed E-state index contributed by atoms with van der Waals surface area (Å²) in [6, 6.07) is 15.1. The van der Waals surface area contributed by atoms with E-state index >= 15 is 0 Å². The Kier molecular flexibility index (Phi) is 6.82. The number of aryl methyl sites for hydroxylation is 2. The van der Waals surface area contributed by atoms with Crippen molar-refractivity contribution < 1.29 is 5.11 Å². The molecule has 0 saturated carbocycles. The second kappa shape index (κ2) is 8.62. The lowest BCUT2D eigenvalue weighted by Gasteiger charge is -2.21. The Labute approximate surface area is 148 Å². The molecule has 2 nitrogen and oxygen atoms in total. The first-order valence-corrected chi connectivity index (χ1v) is 8.95. The third-order valence-corrected chi connectivity index (χ3v) is 5.11. The van der Waals surface area contributed by atoms with Gasteiger partial charge < -0.3 is 10.4 Å². The van der Waals surface area contributed by atoms with Crippen LogP contribution in [0.5, 0.6) is 0 Å². The zero-order chi connectivity index (χ0) is 16.8. The molecule has 0 spiro atoms. The van der Waals surface area contributed by atoms with E-state index in [1.165, 1.54) is 22.3 Å². The van der Waals surface area contributed by atoms with Gasteiger partial charge in [-0.1, -0.05) is 57.9 Å². The molecule has 2 atom stereocenters. The molecule has 0 radical (unpaired) electrons. The van der Waals surface area contributed by atoms with Crippen LogP contribution in [-0.4, -0.2) is 18.3 Å². The van der Waals surface area contributed by atoms with Gasteiger partial charge in [0, 0.05) is 23.7 Å². The number of hydrogen-bond donors (Lipinski definition) is 2. The van der Waals surface area contributed by atoms with Crippen molar-refractivity contribution in [1.29, 1.82) is 0 Å². The molecule has 0 heterocycles. The molecule has 0 bridgehead atoms. The van der Waals surface area contributed by atoms with Crippen LogP contribution < -0.4 is 5.32 Å². The maximum absolute atomic E-state index is 9.71. The van der Waals surface area contributed by atoms with Crippen LogP contribution in [0.4, 0.5) is 0 Å². The van der Waals surface area contributed by atoms with Crippen molar-refractivity contribution in [3.63, 3.8) is 0 Å². The maximum atomic E-state index is 9.71. The van der Waals surface area contributed by atoms with Gasteiger partial charge in [-0.2, -0.15) is 0 Å². The number of nitrogens with one attached hydrogen (secondary N) is 1. The van der Waals surface area contributed by atoms with Gasteiger partial charge in [0.1, 0.15) is 0 Å². The average molecular weight is 376 g/mol. The molecule has 2 aromatic rings. The molecule has 0 amide bonds. The molecule has 0 fully saturated rings. The second-order valence-corrected chi connectivity index (χ2v) is 7.19. The summed E-state index contributed by atoms with van der Waals surface area (Å²) in [6.45, 7) is 7.45. The number of aliphatic hydroxyl groups excluding tert-OH is 1. The van der Waals surface area contributed by atoms with Gasteiger partial charge in [-0.25, -0.2) is 0 Å². The summed E-state index contributed by atoms with van der Waals surface area (Å²) in [5, 5.41) is 13.3. The van der Waals surface area contributed by atoms with E-state index in [9.17, 15) is 5.11 Å². The van der Waals surface area contributed by atoms with E-state index in [2.05, 4.69) is 72.3 Å². The molecular weight excluding hydrogens is 350 g/mol. The summed E-state index contributed by atoms with van der Waals surface area (Å²) in [4.78, 5) is 0. The fourth-order valence-electron chi connectivity index (χ4n) is 2.86. The largest absolute Gasteiger partial charge is 0.396 e. The van der Waals surface area contributed by atoms with Gasteiger partial charge in [0.05, 0.1) is 0 Å². The minimum atomic E-state index is 0.188. The third kappa shape index (κ3) is 5.17. The van der Waals surface area contributed by atoms with Crippen molar-refractivity contribution in [1.82, 2.24) is 5.32 Å². The Bertz CT molecular complexity index is 641. The predicted molar refractivity (Wildman–Crippen MR) is 101 cm³/mol. The minimum Gasteiger partial charge on any atom is -0.396 e. The Morgan fingerprint density at radius 3 is 2.57 bits per heavy atom. The van der Waals surface area contributed by atoms with Gasteiger partial charge in [-0.15, -0.1) is 0 Å². The van der Waals surface area contributed by atoms with Gasteiger partial charge >= 0.3 is 0 Å². The first kappa shape index (κ1) is 18.2. The fourth-order valence-corrected chi connectivity index (χ4v) is 3.30. The number of aliphatic hydroxyl groups is 1. The van der Waals surface area contributed by atoms with Gasteiger partial charge in [-0.3, -0.25) is 0 Å². The molecule has 23 heavy (non-hydrogen) atoms. The summed E-state index contributed by atoms with van der Waals surface area (Å²) >= 11 is 3.59. The molecular formula is C20H26BrNO. The van der Waals surface area contributed by atoms with E-state index in [1.807, 2.05) is 12.1 Å². The lowest BCUT2D eigenvalue weighted by atomic mass is 9.97. The quantitative estimate of drug-likeness (QED) is 0.742. The Hall–Kier alpha value is -1.16. The van der Waals surface area contributed by atoms with Crippen LogP contribution in [0.25, 0.3) is 0 Å². The highest BCUT2D eigenvalue weighted by molar-refractivity contribution is 9.10. The summed E-state index contributed by atoms with van der Waals surface area (Å²) < 4.78 is 1.11. The van der Waals surface area contributed by atoms with Crippen molar-refractivity contribution in [2.24, 2.45) is 5.92 Å². The minimum absolute atomic E-state index is 0.188. The van der Waals surface area contributed by atoms with Crippen LogP contribution >= 0.6 is 15.9 Å². The van der Waals surface area contributed by atoms with Crippen LogP contribution in [0.15, 0.2) is 46.9 Å². The van der Waals surface area contributed by atoms with E-state index in [4.69, 9.17) is 0 Å². The summed E-state index contributed by atoms with van der Waals surface area (Å²) in [5.74, 6) is 0.210. The summed E-state index contributed by atoms with van der Waals surface area (Å²) in [6.07, 6.45) is 0.866. The third-order valence-electron chi connectivity index (χ3n) is 4.34. The fraction of sp³-hybridized carbons (Fsp3) is 0.400. The lowest BCUT2D eigenvalue weighted by molar-refractivity contribution is 0.218. The lowest BCUT2D eigenvalue weighted by Crippen LogP contribution is -2.29. The van der Waals surface area contributed by atoms with E-state index in [0.717, 1.165) is 17.4 Å². The smallest absolute Gasteiger partial charge is 0.0474 e. The Morgan fingerprint density at radius 2 is 1.87 bits per heavy atom. The summed E-state index contributed by atoms with van der Waals surface area (Å²) in [5.41, 5.74) is 5.17. The first-order chi connectivity index (χ1) is 11.0. The van der Waals surface area contributed by atoms with Gasteiger partial charge in [0.25, 0.3) is 0 Å². The number of rotatable bonds is 7. The van der Waals surface area contributed by atoms with E-state index in [0.29, 0.717) is 0 Å². The normalized spacial score (nSPS) is 13.8. The SMILES string of the molecule is Cc1ccc(C)c(C(C)NCC(CO)Cc2ccccc2Br)c1. The Morgan fingerprint density at radius 1 is 1.13 bits per heavy atom. The highest BCUT2D eigenvalue weighted by Crippen LogP contribution is 2.21. The van der Waals surface area contributed by atoms with Crippen LogP contribution in [0.3, 0.4) is 0 Å². The molecule has 2 unspecified atom stereocenters. The molecule has 2 rings (SSSR count). The maximum Gasteiger partial charge on any atom is 0.0474 e. The van der Waals surface area contributed by atoms with Crippen molar-refractivity contribution in [3.05, 3.63) is 69.2 Å². The van der Waals surface area contributed by atoms with E-state index in [1.54, 1.807) is 0 Å². The molecule has 3 heteroatoms. The molecule has 0 aliphatic rings. The highest BCUT2D eigenvalue weighted by Gasteiger charge is 2.14. The van der Waals surface area contributed by atoms with Crippen LogP contribution in [0.2, 0.25) is 0 Å². The molecule has 0 aliphatic carbocycles. The van der Waals surface area contributed by atoms with Crippen molar-refractivity contribution in [2.45, 2.75) is 33.2 Å². The number of benzene rings is 2. The molecule has 2 N–H and O–H groups in total. The van der Waals surface area contributed by atoms with Crippen LogP contribution in [0, 0.1) is 19.8 Å². The first-order valence-electron chi connectivity index (χ1n) is 8.16. The molecule has 124 valence electrons. The van der Waals surface area contributed by atoms with E-state index in [-0.39, 0.29) is 18.6 Å². The van der Waals surface area contributed by atoms with Gasteiger partial charge in [0.2, 0.25) is 0 Å². The summed E-state index contributed by atoms with van der Waals surface area (Å²) in [7, 11) is 0. The van der Waals surface area contributed by atoms with E-state index < -0.39 is 0 Å². The highest BCUT2D eigenvalue weighted by atomic mass is 79.9. The predicted octanol–water partition coefficient (Wildman–Crippen LogP) is 4.57. The van der Waals surface area contributed by atoms with Gasteiger partial charge in [-0.05, 0) is 55.9 Å². The zero-order valence-electron chi connectivity index (χ0n) is 14.1. The van der Waals surface area contributed by atoms with Crippen LogP contribution in [-0.2, 0) is 6.42 Å². The average Bonchev–Trinajstić information content (AvgIpc) is 2.55. The van der Waals surface area contributed by atoms with Crippen LogP contribution in [0.1, 0.15) is 35.2 Å². The molecule has 2 aromatic carbocycles. The zero-order valence-corrected chi connectivity index (χ0v) is 15.7. The number of halogens is 1. The topological polar surface area (TPSA) is 32.3 Å². The van der Waals surface area contributed by atoms with Crippen molar-refractivity contribution >= 4 is 15.9 Å². The molecule has 0 saturated heterocycles. The monoisotopic (exact) mass is 375 g/mol. The Balaban J connectivity index is 1.97. The number of hydrogen-bond acceptors (Lipinski definition) is 2. The molecule has 0 aromatic heterocycles. The van der Waals surface area contributed by atoms with Crippen molar-refractivity contribution in [3.8, 4) is 0 Å². The second-order valence-electron chi connectivity index (χ2n) is 6.33. The standard InChI is InChI=1S/C20H26BrNO/c1-14-8-9-15(2)19(10-14)16(3)22-12-17(13-23)11-18-6-4-5-7-20(18)21/h4-10,16-17,22-23H,11-13H2,1-3H3. The van der Waals surface area contributed by atoms with Crippen molar-refractivity contribution in [2.75, 3.05) is 13.2 Å².